The Hall–Kier alpha value is -0.690. The average molecular weight is 143 g/mol. The lowest BCUT2D eigenvalue weighted by Crippen LogP contribution is -1.73. The molecule has 48 valence electrons. The Labute approximate surface area is 58.9 Å². The largest absolute Gasteiger partial charge is 0.508 e. The monoisotopic (exact) mass is 142 g/mol. The van der Waals surface area contributed by atoms with E-state index in [2.05, 4.69) is 0 Å². The van der Waals surface area contributed by atoms with Crippen LogP contribution in [0, 0.1) is 0 Å². The second-order valence-corrected chi connectivity index (χ2v) is 2.07. The Kier molecular flexibility index (Phi) is 1.96. The zero-order chi connectivity index (χ0) is 6.69. The highest BCUT2D eigenvalue weighted by atomic mass is 35.5. The molecule has 0 spiro atoms. The van der Waals surface area contributed by atoms with E-state index in [9.17, 15) is 0 Å². The average Bonchev–Trinajstić information content (AvgIpc) is 1.88. The molecular weight excluding hydrogens is 136 g/mol. The molecule has 0 fully saturated rings. The van der Waals surface area contributed by atoms with Gasteiger partial charge in [-0.3, -0.25) is 0 Å². The predicted octanol–water partition coefficient (Wildman–Crippen LogP) is 2.13. The number of hydrogen-bond donors (Lipinski definition) is 1. The van der Waals surface area contributed by atoms with Crippen molar-refractivity contribution in [1.82, 2.24) is 0 Å². The zero-order valence-corrected chi connectivity index (χ0v) is 5.60. The molecule has 0 saturated carbocycles. The van der Waals surface area contributed by atoms with Crippen LogP contribution < -0.4 is 0 Å². The van der Waals surface area contributed by atoms with Crippen LogP contribution in [-0.4, -0.2) is 5.11 Å². The van der Waals surface area contributed by atoms with Crippen molar-refractivity contribution < 1.29 is 5.11 Å². The number of phenols is 1. The minimum Gasteiger partial charge on any atom is -0.508 e. The first kappa shape index (κ1) is 6.43. The van der Waals surface area contributed by atoms with Gasteiger partial charge in [0, 0.05) is 5.88 Å². The smallest absolute Gasteiger partial charge is 0.115 e. The van der Waals surface area contributed by atoms with Gasteiger partial charge < -0.3 is 5.11 Å². The van der Waals surface area contributed by atoms with E-state index in [-0.39, 0.29) is 5.75 Å². The summed E-state index contributed by atoms with van der Waals surface area (Å²) in [6.07, 6.45) is 0. The molecule has 0 atom stereocenters. The first-order valence-electron chi connectivity index (χ1n) is 2.67. The molecule has 9 heavy (non-hydrogen) atoms. The van der Waals surface area contributed by atoms with Gasteiger partial charge in [0.25, 0.3) is 0 Å². The third-order valence-electron chi connectivity index (χ3n) is 1.06. The zero-order valence-electron chi connectivity index (χ0n) is 4.84. The Morgan fingerprint density at radius 1 is 1.44 bits per heavy atom. The highest BCUT2D eigenvalue weighted by Crippen LogP contribution is 2.11. The molecule has 0 bridgehead atoms. The van der Waals surface area contributed by atoms with Crippen molar-refractivity contribution in [3.63, 3.8) is 0 Å². The minimum atomic E-state index is 0.271. The van der Waals surface area contributed by atoms with Gasteiger partial charge in [-0.1, -0.05) is 12.1 Å². The number of rotatable bonds is 1. The Morgan fingerprint density at radius 3 is 2.67 bits per heavy atom. The van der Waals surface area contributed by atoms with Gasteiger partial charge in [0.1, 0.15) is 5.75 Å². The van der Waals surface area contributed by atoms with E-state index in [0.717, 1.165) is 5.56 Å². The Balaban J connectivity index is 2.94. The normalized spacial score (nSPS) is 9.44. The van der Waals surface area contributed by atoms with Gasteiger partial charge in [-0.05, 0) is 17.7 Å². The van der Waals surface area contributed by atoms with E-state index in [4.69, 9.17) is 16.7 Å². The van der Waals surface area contributed by atoms with Crippen molar-refractivity contribution in [2.24, 2.45) is 0 Å². The Morgan fingerprint density at radius 2 is 2.22 bits per heavy atom. The minimum absolute atomic E-state index is 0.271. The summed E-state index contributed by atoms with van der Waals surface area (Å²) < 4.78 is 0. The van der Waals surface area contributed by atoms with E-state index in [1.54, 1.807) is 18.2 Å². The SMILES string of the molecule is Oc1cccc(CCl)c1. The fraction of sp³-hybridized carbons (Fsp3) is 0.143. The maximum atomic E-state index is 8.89. The summed E-state index contributed by atoms with van der Waals surface area (Å²) in [5.41, 5.74) is 0.941. The summed E-state index contributed by atoms with van der Waals surface area (Å²) in [5.74, 6) is 0.724. The molecule has 0 aliphatic rings. The van der Waals surface area contributed by atoms with Crippen LogP contribution in [0.2, 0.25) is 0 Å². The molecule has 0 unspecified atom stereocenters. The molecule has 1 aromatic carbocycles. The van der Waals surface area contributed by atoms with E-state index in [1.165, 1.54) is 0 Å². The third kappa shape index (κ3) is 1.61. The van der Waals surface area contributed by atoms with Crippen LogP contribution in [0.15, 0.2) is 24.3 Å². The summed E-state index contributed by atoms with van der Waals surface area (Å²) in [6.45, 7) is 0. The summed E-state index contributed by atoms with van der Waals surface area (Å²) in [4.78, 5) is 0. The van der Waals surface area contributed by atoms with Gasteiger partial charge in [-0.15, -0.1) is 11.6 Å². The van der Waals surface area contributed by atoms with Crippen molar-refractivity contribution in [2.45, 2.75) is 5.88 Å². The van der Waals surface area contributed by atoms with Crippen LogP contribution in [-0.2, 0) is 5.88 Å². The van der Waals surface area contributed by atoms with E-state index < -0.39 is 0 Å². The van der Waals surface area contributed by atoms with Crippen molar-refractivity contribution in [1.29, 1.82) is 0 Å². The molecule has 1 N–H and O–H groups in total. The van der Waals surface area contributed by atoms with Crippen LogP contribution in [0.3, 0.4) is 0 Å². The standard InChI is InChI=1S/C7H7ClO/c8-5-6-2-1-3-7(9)4-6/h1-4,9H,5H2. The van der Waals surface area contributed by atoms with E-state index >= 15 is 0 Å². The van der Waals surface area contributed by atoms with Crippen LogP contribution in [0.25, 0.3) is 0 Å². The fourth-order valence-electron chi connectivity index (χ4n) is 0.640. The van der Waals surface area contributed by atoms with Crippen molar-refractivity contribution in [3.05, 3.63) is 29.8 Å². The number of alkyl halides is 1. The molecule has 0 aromatic heterocycles. The molecule has 1 nitrogen and oxygen atoms in total. The molecule has 0 radical (unpaired) electrons. The molecule has 0 amide bonds. The number of halogens is 1. The number of phenolic OH excluding ortho intramolecular Hbond substituents is 1. The molecule has 1 aromatic rings. The van der Waals surface area contributed by atoms with Gasteiger partial charge in [0.2, 0.25) is 0 Å². The quantitative estimate of drug-likeness (QED) is 0.596. The maximum absolute atomic E-state index is 8.89. The lowest BCUT2D eigenvalue weighted by atomic mass is 10.2. The first-order chi connectivity index (χ1) is 4.33. The highest BCUT2D eigenvalue weighted by molar-refractivity contribution is 6.17. The maximum Gasteiger partial charge on any atom is 0.115 e. The number of aromatic hydroxyl groups is 1. The fourth-order valence-corrected chi connectivity index (χ4v) is 0.806. The first-order valence-corrected chi connectivity index (χ1v) is 3.20. The summed E-state index contributed by atoms with van der Waals surface area (Å²) in [5, 5.41) is 8.89. The topological polar surface area (TPSA) is 20.2 Å². The number of benzene rings is 1. The summed E-state index contributed by atoms with van der Waals surface area (Å²) >= 11 is 5.49. The summed E-state index contributed by atoms with van der Waals surface area (Å²) in [6, 6.07) is 6.91. The highest BCUT2D eigenvalue weighted by Gasteiger charge is 1.89. The van der Waals surface area contributed by atoms with Crippen LogP contribution >= 0.6 is 11.6 Å². The van der Waals surface area contributed by atoms with Gasteiger partial charge in [0.05, 0.1) is 0 Å². The second kappa shape index (κ2) is 2.74. The molecule has 0 aliphatic heterocycles. The van der Waals surface area contributed by atoms with Crippen LogP contribution in [0.5, 0.6) is 5.75 Å². The van der Waals surface area contributed by atoms with Crippen molar-refractivity contribution in [3.8, 4) is 5.75 Å². The van der Waals surface area contributed by atoms with Crippen molar-refractivity contribution in [2.75, 3.05) is 0 Å². The molecule has 0 saturated heterocycles. The van der Waals surface area contributed by atoms with Gasteiger partial charge in [0.15, 0.2) is 0 Å². The lowest BCUT2D eigenvalue weighted by Gasteiger charge is -1.93. The van der Waals surface area contributed by atoms with Gasteiger partial charge >= 0.3 is 0 Å². The summed E-state index contributed by atoms with van der Waals surface area (Å²) in [7, 11) is 0. The molecular formula is C7H7ClO. The lowest BCUT2D eigenvalue weighted by molar-refractivity contribution is 0.475. The molecule has 0 heterocycles. The predicted molar refractivity (Wildman–Crippen MR) is 37.7 cm³/mol. The number of hydrogen-bond acceptors (Lipinski definition) is 1. The molecule has 0 aliphatic carbocycles. The van der Waals surface area contributed by atoms with E-state index in [0.29, 0.717) is 5.88 Å². The van der Waals surface area contributed by atoms with Crippen LogP contribution in [0.4, 0.5) is 0 Å². The van der Waals surface area contributed by atoms with Gasteiger partial charge in [-0.25, -0.2) is 0 Å². The van der Waals surface area contributed by atoms with E-state index in [1.807, 2.05) is 6.07 Å². The van der Waals surface area contributed by atoms with Crippen LogP contribution in [0.1, 0.15) is 5.56 Å². The molecule has 2 heteroatoms. The van der Waals surface area contributed by atoms with Gasteiger partial charge in [-0.2, -0.15) is 0 Å². The molecule has 1 rings (SSSR count). The third-order valence-corrected chi connectivity index (χ3v) is 1.37. The van der Waals surface area contributed by atoms with Crippen molar-refractivity contribution >= 4 is 11.6 Å². The second-order valence-electron chi connectivity index (χ2n) is 1.80. The Bertz CT molecular complexity index is 198.